The fourth-order valence-electron chi connectivity index (χ4n) is 3.33. The van der Waals surface area contributed by atoms with E-state index in [0.29, 0.717) is 31.7 Å². The van der Waals surface area contributed by atoms with Crippen molar-refractivity contribution in [3.05, 3.63) is 59.4 Å². The minimum Gasteiger partial charge on any atom is -0.478 e. The van der Waals surface area contributed by atoms with E-state index in [4.69, 9.17) is 5.26 Å². The molecule has 0 saturated carbocycles. The van der Waals surface area contributed by atoms with Gasteiger partial charge in [-0.25, -0.2) is 9.18 Å². The lowest BCUT2D eigenvalue weighted by atomic mass is 10.1. The third-order valence-corrected chi connectivity index (χ3v) is 4.86. The predicted octanol–water partition coefficient (Wildman–Crippen LogP) is 2.81. The van der Waals surface area contributed by atoms with Crippen LogP contribution in [0.25, 0.3) is 0 Å². The number of carboxylic acid groups (broad SMARTS) is 1. The molecule has 1 amide bonds. The standard InChI is InChI=1S/C21H21FN4O3/c22-18-5-2-1-4-16(18)20(27)24-15-6-7-19(17(14-15)21(28)29)26-12-10-25(11-13-26)9-3-8-23/h1-2,4-7,14H,3,9-13H2,(H,24,27)(H,28,29). The van der Waals surface area contributed by atoms with Gasteiger partial charge in [-0.15, -0.1) is 0 Å². The van der Waals surface area contributed by atoms with Crippen LogP contribution in [-0.4, -0.2) is 54.6 Å². The zero-order valence-corrected chi connectivity index (χ0v) is 15.8. The van der Waals surface area contributed by atoms with Crippen molar-refractivity contribution in [1.82, 2.24) is 4.90 Å². The van der Waals surface area contributed by atoms with Crippen LogP contribution in [-0.2, 0) is 0 Å². The highest BCUT2D eigenvalue weighted by atomic mass is 19.1. The van der Waals surface area contributed by atoms with E-state index in [-0.39, 0.29) is 16.8 Å². The summed E-state index contributed by atoms with van der Waals surface area (Å²) < 4.78 is 13.8. The lowest BCUT2D eigenvalue weighted by Gasteiger charge is -2.36. The molecule has 0 unspecified atom stereocenters. The van der Waals surface area contributed by atoms with Gasteiger partial charge >= 0.3 is 5.97 Å². The zero-order chi connectivity index (χ0) is 20.8. The van der Waals surface area contributed by atoms with Gasteiger partial charge in [-0.3, -0.25) is 9.69 Å². The van der Waals surface area contributed by atoms with Crippen LogP contribution in [0, 0.1) is 17.1 Å². The molecule has 0 spiro atoms. The summed E-state index contributed by atoms with van der Waals surface area (Å²) in [6.07, 6.45) is 0.469. The Kier molecular flexibility index (Phi) is 6.42. The molecular weight excluding hydrogens is 375 g/mol. The zero-order valence-electron chi connectivity index (χ0n) is 15.8. The Hall–Kier alpha value is -3.44. The van der Waals surface area contributed by atoms with Gasteiger partial charge in [-0.2, -0.15) is 5.26 Å². The molecule has 0 atom stereocenters. The maximum atomic E-state index is 13.8. The number of rotatable bonds is 6. The lowest BCUT2D eigenvalue weighted by Crippen LogP contribution is -2.47. The number of anilines is 2. The Labute approximate surface area is 168 Å². The third-order valence-electron chi connectivity index (χ3n) is 4.86. The van der Waals surface area contributed by atoms with E-state index in [2.05, 4.69) is 16.3 Å². The Bertz CT molecular complexity index is 949. The van der Waals surface area contributed by atoms with Crippen LogP contribution >= 0.6 is 0 Å². The van der Waals surface area contributed by atoms with Crippen LogP contribution in [0.5, 0.6) is 0 Å². The Balaban J connectivity index is 1.74. The van der Waals surface area contributed by atoms with Crippen LogP contribution in [0.3, 0.4) is 0 Å². The second-order valence-corrected chi connectivity index (χ2v) is 6.71. The van der Waals surface area contributed by atoms with Gasteiger partial charge in [0, 0.05) is 44.8 Å². The molecule has 2 aromatic carbocycles. The smallest absolute Gasteiger partial charge is 0.337 e. The highest BCUT2D eigenvalue weighted by Gasteiger charge is 2.22. The van der Waals surface area contributed by atoms with E-state index in [1.54, 1.807) is 18.2 Å². The van der Waals surface area contributed by atoms with E-state index in [1.165, 1.54) is 24.3 Å². The van der Waals surface area contributed by atoms with Crippen molar-refractivity contribution < 1.29 is 19.1 Å². The molecule has 7 nitrogen and oxygen atoms in total. The minimum absolute atomic E-state index is 0.0711. The monoisotopic (exact) mass is 396 g/mol. The van der Waals surface area contributed by atoms with Gasteiger partial charge in [0.05, 0.1) is 22.9 Å². The van der Waals surface area contributed by atoms with Gasteiger partial charge in [0.2, 0.25) is 0 Å². The van der Waals surface area contributed by atoms with Gasteiger partial charge in [0.1, 0.15) is 5.82 Å². The first-order chi connectivity index (χ1) is 14.0. The molecule has 2 N–H and O–H groups in total. The van der Waals surface area contributed by atoms with Gasteiger partial charge < -0.3 is 15.3 Å². The molecule has 1 saturated heterocycles. The van der Waals surface area contributed by atoms with Crippen LogP contribution in [0.2, 0.25) is 0 Å². The molecule has 150 valence electrons. The van der Waals surface area contributed by atoms with Crippen LogP contribution in [0.4, 0.5) is 15.8 Å². The maximum absolute atomic E-state index is 13.8. The van der Waals surface area contributed by atoms with Crippen molar-refractivity contribution in [3.63, 3.8) is 0 Å². The number of benzene rings is 2. The number of hydrogen-bond acceptors (Lipinski definition) is 5. The Morgan fingerprint density at radius 1 is 1.10 bits per heavy atom. The Morgan fingerprint density at radius 2 is 1.83 bits per heavy atom. The number of amides is 1. The number of piperazine rings is 1. The summed E-state index contributed by atoms with van der Waals surface area (Å²) in [7, 11) is 0. The van der Waals surface area contributed by atoms with E-state index in [9.17, 15) is 19.1 Å². The molecule has 0 bridgehead atoms. The van der Waals surface area contributed by atoms with Crippen molar-refractivity contribution in [2.75, 3.05) is 42.9 Å². The summed E-state index contributed by atoms with van der Waals surface area (Å²) in [6, 6.07) is 12.4. The molecule has 1 fully saturated rings. The van der Waals surface area contributed by atoms with Crippen LogP contribution in [0.15, 0.2) is 42.5 Å². The normalized spacial score (nSPS) is 14.3. The molecule has 1 aliphatic rings. The fraction of sp³-hybridized carbons (Fsp3) is 0.286. The number of hydrogen-bond donors (Lipinski definition) is 2. The summed E-state index contributed by atoms with van der Waals surface area (Å²) in [5, 5.41) is 20.9. The molecule has 2 aromatic rings. The minimum atomic E-state index is -1.10. The first-order valence-corrected chi connectivity index (χ1v) is 9.27. The van der Waals surface area contributed by atoms with Crippen molar-refractivity contribution in [2.45, 2.75) is 6.42 Å². The lowest BCUT2D eigenvalue weighted by molar-refractivity contribution is 0.0697. The van der Waals surface area contributed by atoms with Gasteiger partial charge in [0.15, 0.2) is 0 Å². The van der Waals surface area contributed by atoms with Crippen molar-refractivity contribution in [2.24, 2.45) is 0 Å². The van der Waals surface area contributed by atoms with E-state index in [1.807, 2.05) is 4.90 Å². The van der Waals surface area contributed by atoms with Crippen LogP contribution < -0.4 is 10.2 Å². The highest BCUT2D eigenvalue weighted by molar-refractivity contribution is 6.05. The predicted molar refractivity (Wildman–Crippen MR) is 107 cm³/mol. The second kappa shape index (κ2) is 9.17. The highest BCUT2D eigenvalue weighted by Crippen LogP contribution is 2.26. The molecule has 1 heterocycles. The van der Waals surface area contributed by atoms with E-state index in [0.717, 1.165) is 13.1 Å². The van der Waals surface area contributed by atoms with Gasteiger partial charge in [-0.05, 0) is 30.3 Å². The number of aromatic carboxylic acids is 1. The third kappa shape index (κ3) is 4.89. The quantitative estimate of drug-likeness (QED) is 0.779. The SMILES string of the molecule is N#CCCN1CCN(c2ccc(NC(=O)c3ccccc3F)cc2C(=O)O)CC1. The van der Waals surface area contributed by atoms with Gasteiger partial charge in [0.25, 0.3) is 5.91 Å². The molecule has 8 heteroatoms. The molecule has 29 heavy (non-hydrogen) atoms. The summed E-state index contributed by atoms with van der Waals surface area (Å²) in [5.41, 5.74) is 0.817. The maximum Gasteiger partial charge on any atom is 0.337 e. The number of nitrogens with zero attached hydrogens (tertiary/aromatic N) is 3. The number of carbonyl (C=O) groups excluding carboxylic acids is 1. The van der Waals surface area contributed by atoms with Crippen molar-refractivity contribution in [1.29, 1.82) is 5.26 Å². The van der Waals surface area contributed by atoms with Gasteiger partial charge in [-0.1, -0.05) is 12.1 Å². The number of nitriles is 1. The average Bonchev–Trinajstić information content (AvgIpc) is 2.73. The van der Waals surface area contributed by atoms with E-state index < -0.39 is 17.7 Å². The van der Waals surface area contributed by atoms with E-state index >= 15 is 0 Å². The summed E-state index contributed by atoms with van der Waals surface area (Å²) in [5.74, 6) is -2.39. The van der Waals surface area contributed by atoms with Crippen molar-refractivity contribution in [3.8, 4) is 6.07 Å². The Morgan fingerprint density at radius 3 is 2.48 bits per heavy atom. The number of carboxylic acids is 1. The fourth-order valence-corrected chi connectivity index (χ4v) is 3.33. The number of halogens is 1. The second-order valence-electron chi connectivity index (χ2n) is 6.71. The van der Waals surface area contributed by atoms with Crippen LogP contribution in [0.1, 0.15) is 27.1 Å². The molecule has 1 aliphatic heterocycles. The molecule has 0 radical (unpaired) electrons. The molecule has 0 aliphatic carbocycles. The summed E-state index contributed by atoms with van der Waals surface area (Å²) in [4.78, 5) is 28.2. The molecular formula is C21H21FN4O3. The largest absolute Gasteiger partial charge is 0.478 e. The number of carbonyl (C=O) groups is 2. The topological polar surface area (TPSA) is 96.7 Å². The average molecular weight is 396 g/mol. The summed E-state index contributed by atoms with van der Waals surface area (Å²) >= 11 is 0. The number of nitrogens with one attached hydrogen (secondary N) is 1. The first kappa shape index (κ1) is 20.3. The molecule has 3 rings (SSSR count). The molecule has 0 aromatic heterocycles. The summed E-state index contributed by atoms with van der Waals surface area (Å²) in [6.45, 7) is 3.48. The van der Waals surface area contributed by atoms with Crippen molar-refractivity contribution >= 4 is 23.3 Å². The first-order valence-electron chi connectivity index (χ1n) is 9.27.